The molecule has 0 radical (unpaired) electrons. The maximum Gasteiger partial charge on any atom is 0.188 e. The van der Waals surface area contributed by atoms with E-state index in [4.69, 9.17) is 21.1 Å². The Bertz CT molecular complexity index is 265. The quantitative estimate of drug-likeness (QED) is 0.523. The minimum Gasteiger partial charge on any atom is -0.472 e. The molecule has 0 aromatic carbocycles. The van der Waals surface area contributed by atoms with Crippen LogP contribution in [0.1, 0.15) is 19.8 Å². The van der Waals surface area contributed by atoms with Gasteiger partial charge >= 0.3 is 0 Å². The molecule has 0 aromatic rings. The Morgan fingerprint density at radius 1 is 1.64 bits per heavy atom. The van der Waals surface area contributed by atoms with Gasteiger partial charge in [-0.15, -0.1) is 0 Å². The van der Waals surface area contributed by atoms with Crippen molar-refractivity contribution in [2.24, 2.45) is 0 Å². The van der Waals surface area contributed by atoms with E-state index in [1.165, 1.54) is 6.08 Å². The highest BCUT2D eigenvalue weighted by Gasteiger charge is 2.12. The lowest BCUT2D eigenvalue weighted by Gasteiger charge is -2.05. The fourth-order valence-electron chi connectivity index (χ4n) is 1.02. The number of ketones is 1. The average Bonchev–Trinajstić information content (AvgIpc) is 2.50. The van der Waals surface area contributed by atoms with Crippen LogP contribution in [-0.2, 0) is 14.3 Å². The fraction of sp³-hybridized carbons (Fsp3) is 0.500. The molecular formula is C10H13ClO3. The number of ether oxygens (including phenoxy) is 2. The van der Waals surface area contributed by atoms with E-state index in [0.29, 0.717) is 30.2 Å². The van der Waals surface area contributed by atoms with Crippen LogP contribution >= 0.6 is 11.6 Å². The zero-order chi connectivity index (χ0) is 10.4. The highest BCUT2D eigenvalue weighted by Crippen LogP contribution is 2.15. The second-order valence-corrected chi connectivity index (χ2v) is 3.60. The SMILES string of the molecule is CC(Cl)=CCOCOC1=CC(=O)CC1. The number of carbonyl (C=O) groups is 1. The number of carbonyl (C=O) groups excluding carboxylic acids is 1. The minimum atomic E-state index is 0.122. The molecule has 1 rings (SSSR count). The van der Waals surface area contributed by atoms with Crippen LogP contribution in [0.5, 0.6) is 0 Å². The van der Waals surface area contributed by atoms with E-state index < -0.39 is 0 Å². The van der Waals surface area contributed by atoms with Gasteiger partial charge in [0.25, 0.3) is 0 Å². The van der Waals surface area contributed by atoms with Crippen LogP contribution in [0.15, 0.2) is 22.9 Å². The Kier molecular flexibility index (Phi) is 4.70. The van der Waals surface area contributed by atoms with Gasteiger partial charge in [-0.1, -0.05) is 11.6 Å². The van der Waals surface area contributed by atoms with Gasteiger partial charge in [0.1, 0.15) is 5.76 Å². The smallest absolute Gasteiger partial charge is 0.188 e. The summed E-state index contributed by atoms with van der Waals surface area (Å²) in [6.45, 7) is 2.38. The zero-order valence-electron chi connectivity index (χ0n) is 8.09. The molecule has 0 saturated carbocycles. The molecule has 0 aliphatic heterocycles. The van der Waals surface area contributed by atoms with Crippen LogP contribution in [0.3, 0.4) is 0 Å². The molecule has 0 fully saturated rings. The van der Waals surface area contributed by atoms with Crippen LogP contribution in [0.25, 0.3) is 0 Å². The molecule has 0 N–H and O–H groups in total. The van der Waals surface area contributed by atoms with Gasteiger partial charge in [-0.25, -0.2) is 0 Å². The predicted octanol–water partition coefficient (Wildman–Crippen LogP) is 2.37. The topological polar surface area (TPSA) is 35.5 Å². The monoisotopic (exact) mass is 216 g/mol. The summed E-state index contributed by atoms with van der Waals surface area (Å²) in [4.78, 5) is 10.8. The largest absolute Gasteiger partial charge is 0.472 e. The fourth-order valence-corrected chi connectivity index (χ4v) is 1.09. The molecule has 14 heavy (non-hydrogen) atoms. The Hall–Kier alpha value is -0.800. The first-order chi connectivity index (χ1) is 6.68. The van der Waals surface area contributed by atoms with E-state index in [0.717, 1.165) is 0 Å². The summed E-state index contributed by atoms with van der Waals surface area (Å²) in [5.74, 6) is 0.832. The van der Waals surface area contributed by atoms with E-state index >= 15 is 0 Å². The Morgan fingerprint density at radius 2 is 2.43 bits per heavy atom. The van der Waals surface area contributed by atoms with E-state index in [9.17, 15) is 4.79 Å². The van der Waals surface area contributed by atoms with Crippen molar-refractivity contribution in [1.29, 1.82) is 0 Å². The van der Waals surface area contributed by atoms with Gasteiger partial charge in [0.05, 0.1) is 6.61 Å². The minimum absolute atomic E-state index is 0.122. The lowest BCUT2D eigenvalue weighted by Crippen LogP contribution is -1.99. The summed E-state index contributed by atoms with van der Waals surface area (Å²) >= 11 is 5.59. The maximum absolute atomic E-state index is 10.8. The van der Waals surface area contributed by atoms with Crippen LogP contribution in [0, 0.1) is 0 Å². The molecule has 0 bridgehead atoms. The molecule has 0 heterocycles. The molecule has 1 aliphatic rings. The molecular weight excluding hydrogens is 204 g/mol. The first-order valence-electron chi connectivity index (χ1n) is 4.44. The summed E-state index contributed by atoms with van der Waals surface area (Å²) in [5, 5.41) is 0.695. The van der Waals surface area contributed by atoms with Gasteiger partial charge in [-0.05, 0) is 13.0 Å². The number of hydrogen-bond acceptors (Lipinski definition) is 3. The molecule has 0 atom stereocenters. The van der Waals surface area contributed by atoms with Crippen molar-refractivity contribution in [2.75, 3.05) is 13.4 Å². The third-order valence-electron chi connectivity index (χ3n) is 1.75. The van der Waals surface area contributed by atoms with Crippen molar-refractivity contribution in [2.45, 2.75) is 19.8 Å². The predicted molar refractivity (Wildman–Crippen MR) is 53.8 cm³/mol. The van der Waals surface area contributed by atoms with Gasteiger partial charge in [-0.2, -0.15) is 0 Å². The number of rotatable bonds is 5. The summed E-state index contributed by atoms with van der Waals surface area (Å²) in [6.07, 6.45) is 4.51. The Balaban J connectivity index is 2.07. The van der Waals surface area contributed by atoms with Gasteiger partial charge in [-0.3, -0.25) is 4.79 Å². The molecule has 0 unspecified atom stereocenters. The van der Waals surface area contributed by atoms with Crippen LogP contribution in [0.2, 0.25) is 0 Å². The molecule has 0 aromatic heterocycles. The molecule has 4 heteroatoms. The van der Waals surface area contributed by atoms with Crippen molar-refractivity contribution >= 4 is 17.4 Å². The lowest BCUT2D eigenvalue weighted by molar-refractivity contribution is -0.114. The first-order valence-corrected chi connectivity index (χ1v) is 4.82. The summed E-state index contributed by atoms with van der Waals surface area (Å²) in [7, 11) is 0. The van der Waals surface area contributed by atoms with E-state index in [-0.39, 0.29) is 12.6 Å². The molecule has 3 nitrogen and oxygen atoms in total. The van der Waals surface area contributed by atoms with Crippen LogP contribution in [0.4, 0.5) is 0 Å². The van der Waals surface area contributed by atoms with E-state index in [2.05, 4.69) is 0 Å². The summed E-state index contributed by atoms with van der Waals surface area (Å²) < 4.78 is 10.3. The molecule has 1 aliphatic carbocycles. The maximum atomic E-state index is 10.8. The third-order valence-corrected chi connectivity index (χ3v) is 1.90. The lowest BCUT2D eigenvalue weighted by atomic mass is 10.3. The van der Waals surface area contributed by atoms with Crippen LogP contribution < -0.4 is 0 Å². The first kappa shape index (κ1) is 11.3. The second kappa shape index (κ2) is 5.83. The standard InChI is InChI=1S/C10H13ClO3/c1-8(11)4-5-13-7-14-10-3-2-9(12)6-10/h4,6H,2-3,5,7H2,1H3. The van der Waals surface area contributed by atoms with Crippen molar-refractivity contribution in [3.8, 4) is 0 Å². The van der Waals surface area contributed by atoms with Gasteiger partial charge < -0.3 is 9.47 Å². The molecule has 0 spiro atoms. The van der Waals surface area contributed by atoms with Crippen molar-refractivity contribution in [3.63, 3.8) is 0 Å². The Morgan fingerprint density at radius 3 is 3.00 bits per heavy atom. The van der Waals surface area contributed by atoms with Crippen molar-refractivity contribution in [3.05, 3.63) is 22.9 Å². The normalized spacial score (nSPS) is 17.1. The van der Waals surface area contributed by atoms with Crippen molar-refractivity contribution < 1.29 is 14.3 Å². The van der Waals surface area contributed by atoms with E-state index in [1.54, 1.807) is 13.0 Å². The van der Waals surface area contributed by atoms with E-state index in [1.807, 2.05) is 0 Å². The molecule has 78 valence electrons. The highest BCUT2D eigenvalue weighted by atomic mass is 35.5. The summed E-state index contributed by atoms with van der Waals surface area (Å²) in [5.41, 5.74) is 0. The highest BCUT2D eigenvalue weighted by molar-refractivity contribution is 6.29. The number of hydrogen-bond donors (Lipinski definition) is 0. The summed E-state index contributed by atoms with van der Waals surface area (Å²) in [6, 6.07) is 0. The third kappa shape index (κ3) is 4.44. The van der Waals surface area contributed by atoms with Crippen molar-refractivity contribution in [1.82, 2.24) is 0 Å². The molecule has 0 saturated heterocycles. The molecule has 0 amide bonds. The number of allylic oxidation sites excluding steroid dienone is 3. The zero-order valence-corrected chi connectivity index (χ0v) is 8.84. The Labute approximate surface area is 88.3 Å². The van der Waals surface area contributed by atoms with Gasteiger partial charge in [0.15, 0.2) is 12.6 Å². The number of halogens is 1. The average molecular weight is 217 g/mol. The van der Waals surface area contributed by atoms with Gasteiger partial charge in [0, 0.05) is 23.9 Å². The second-order valence-electron chi connectivity index (χ2n) is 3.00. The van der Waals surface area contributed by atoms with Gasteiger partial charge in [0.2, 0.25) is 0 Å². The van der Waals surface area contributed by atoms with Crippen LogP contribution in [-0.4, -0.2) is 19.2 Å².